The quantitative estimate of drug-likeness (QED) is 0.783. The number of nitrogens with zero attached hydrogens (tertiary/aromatic N) is 4. The van der Waals surface area contributed by atoms with Crippen molar-refractivity contribution in [3.63, 3.8) is 0 Å². The van der Waals surface area contributed by atoms with E-state index in [1.165, 1.54) is 6.20 Å². The Bertz CT molecular complexity index is 749. The Hall–Kier alpha value is -2.54. The highest BCUT2D eigenvalue weighted by Crippen LogP contribution is 2.19. The summed E-state index contributed by atoms with van der Waals surface area (Å²) in [5, 5.41) is 11.4. The maximum Gasteiger partial charge on any atom is 0.271 e. The van der Waals surface area contributed by atoms with Gasteiger partial charge in [0.1, 0.15) is 5.69 Å². The lowest BCUT2D eigenvalue weighted by Gasteiger charge is -2.05. The van der Waals surface area contributed by atoms with Gasteiger partial charge >= 0.3 is 0 Å². The topological polar surface area (TPSA) is 72.7 Å². The predicted octanol–water partition coefficient (Wildman–Crippen LogP) is 2.14. The molecule has 7 heteroatoms. The number of nitrogens with one attached hydrogen (secondary N) is 1. The monoisotopic (exact) mass is 313 g/mol. The van der Waals surface area contributed by atoms with Crippen molar-refractivity contribution < 1.29 is 4.79 Å². The van der Waals surface area contributed by atoms with Crippen LogP contribution in [0.5, 0.6) is 0 Å². The number of carbonyl (C=O) groups excluding carboxylic acids is 1. The second-order valence-corrected chi connectivity index (χ2v) is 5.56. The zero-order chi connectivity index (χ0) is 15.4. The molecule has 1 amide bonds. The molecule has 0 aliphatic heterocycles. The Kier molecular flexibility index (Phi) is 4.24. The van der Waals surface area contributed by atoms with Crippen LogP contribution in [-0.2, 0) is 6.54 Å². The summed E-state index contributed by atoms with van der Waals surface area (Å²) < 4.78 is 1.81. The second kappa shape index (κ2) is 6.48. The molecule has 0 aliphatic rings. The van der Waals surface area contributed by atoms with Crippen LogP contribution in [0.1, 0.15) is 16.2 Å². The number of carbonyl (C=O) groups is 1. The van der Waals surface area contributed by atoms with Crippen LogP contribution in [0.15, 0.2) is 41.5 Å². The van der Waals surface area contributed by atoms with Gasteiger partial charge in [-0.2, -0.15) is 16.4 Å². The molecule has 0 saturated carbocycles. The molecule has 3 heterocycles. The fourth-order valence-corrected chi connectivity index (χ4v) is 2.58. The summed E-state index contributed by atoms with van der Waals surface area (Å²) >= 11 is 1.64. The van der Waals surface area contributed by atoms with Gasteiger partial charge in [-0.1, -0.05) is 0 Å². The standard InChI is InChI=1S/C15H15N5OS/c1-11-8-18-14(9-17-11)15(21)16-4-6-20-5-2-13(19-20)12-3-7-22-10-12/h2-3,5,7-10H,4,6H2,1H3,(H,16,21). The Morgan fingerprint density at radius 2 is 2.23 bits per heavy atom. The maximum absolute atomic E-state index is 11.9. The van der Waals surface area contributed by atoms with Gasteiger partial charge in [0.2, 0.25) is 0 Å². The van der Waals surface area contributed by atoms with Gasteiger partial charge in [-0.25, -0.2) is 4.98 Å². The first-order chi connectivity index (χ1) is 10.7. The summed E-state index contributed by atoms with van der Waals surface area (Å²) in [4.78, 5) is 20.0. The number of hydrogen-bond donors (Lipinski definition) is 1. The number of aromatic nitrogens is 4. The average molecular weight is 313 g/mol. The van der Waals surface area contributed by atoms with Crippen molar-refractivity contribution in [1.82, 2.24) is 25.1 Å². The summed E-state index contributed by atoms with van der Waals surface area (Å²) in [7, 11) is 0. The third-order valence-corrected chi connectivity index (χ3v) is 3.78. The first-order valence-corrected chi connectivity index (χ1v) is 7.79. The summed E-state index contributed by atoms with van der Waals surface area (Å²) in [5.41, 5.74) is 3.17. The molecule has 0 unspecified atom stereocenters. The highest BCUT2D eigenvalue weighted by Gasteiger charge is 2.07. The minimum Gasteiger partial charge on any atom is -0.349 e. The molecule has 0 atom stereocenters. The van der Waals surface area contributed by atoms with Gasteiger partial charge in [0, 0.05) is 29.9 Å². The van der Waals surface area contributed by atoms with E-state index in [2.05, 4.69) is 25.8 Å². The van der Waals surface area contributed by atoms with Crippen LogP contribution in [-0.4, -0.2) is 32.2 Å². The third kappa shape index (κ3) is 3.37. The predicted molar refractivity (Wildman–Crippen MR) is 84.6 cm³/mol. The number of thiophene rings is 1. The van der Waals surface area contributed by atoms with E-state index in [1.807, 2.05) is 35.3 Å². The average Bonchev–Trinajstić information content (AvgIpc) is 3.19. The highest BCUT2D eigenvalue weighted by molar-refractivity contribution is 7.08. The van der Waals surface area contributed by atoms with E-state index in [9.17, 15) is 4.79 Å². The lowest BCUT2D eigenvalue weighted by atomic mass is 10.2. The Morgan fingerprint density at radius 3 is 2.95 bits per heavy atom. The van der Waals surface area contributed by atoms with Crippen molar-refractivity contribution >= 4 is 17.2 Å². The van der Waals surface area contributed by atoms with Gasteiger partial charge in [0.25, 0.3) is 5.91 Å². The maximum atomic E-state index is 11.9. The molecule has 3 aromatic rings. The first kappa shape index (κ1) is 14.4. The smallest absolute Gasteiger partial charge is 0.271 e. The van der Waals surface area contributed by atoms with Crippen LogP contribution in [0.3, 0.4) is 0 Å². The highest BCUT2D eigenvalue weighted by atomic mass is 32.1. The lowest BCUT2D eigenvalue weighted by Crippen LogP contribution is -2.28. The summed E-state index contributed by atoms with van der Waals surface area (Å²) in [6.45, 7) is 2.92. The van der Waals surface area contributed by atoms with Crippen molar-refractivity contribution in [1.29, 1.82) is 0 Å². The zero-order valence-corrected chi connectivity index (χ0v) is 12.9. The van der Waals surface area contributed by atoms with E-state index in [4.69, 9.17) is 0 Å². The first-order valence-electron chi connectivity index (χ1n) is 6.85. The number of amides is 1. The van der Waals surface area contributed by atoms with Crippen molar-refractivity contribution in [2.24, 2.45) is 0 Å². The largest absolute Gasteiger partial charge is 0.349 e. The van der Waals surface area contributed by atoms with E-state index >= 15 is 0 Å². The van der Waals surface area contributed by atoms with E-state index < -0.39 is 0 Å². The minimum atomic E-state index is -0.224. The lowest BCUT2D eigenvalue weighted by molar-refractivity contribution is 0.0946. The van der Waals surface area contributed by atoms with Crippen LogP contribution in [0.2, 0.25) is 0 Å². The van der Waals surface area contributed by atoms with Crippen LogP contribution in [0.25, 0.3) is 11.3 Å². The van der Waals surface area contributed by atoms with Crippen molar-refractivity contribution in [3.8, 4) is 11.3 Å². The number of rotatable bonds is 5. The van der Waals surface area contributed by atoms with Gasteiger partial charge in [0.15, 0.2) is 0 Å². The van der Waals surface area contributed by atoms with Gasteiger partial charge in [-0.05, 0) is 24.4 Å². The Labute approximate surface area is 131 Å². The van der Waals surface area contributed by atoms with Crippen molar-refractivity contribution in [2.45, 2.75) is 13.5 Å². The fourth-order valence-electron chi connectivity index (χ4n) is 1.93. The summed E-state index contributed by atoms with van der Waals surface area (Å²) in [5.74, 6) is -0.224. The van der Waals surface area contributed by atoms with Gasteiger partial charge in [-0.15, -0.1) is 0 Å². The van der Waals surface area contributed by atoms with Crippen LogP contribution >= 0.6 is 11.3 Å². The molecule has 0 bridgehead atoms. The molecule has 22 heavy (non-hydrogen) atoms. The molecular formula is C15H15N5OS. The van der Waals surface area contributed by atoms with Crippen LogP contribution < -0.4 is 5.32 Å². The zero-order valence-electron chi connectivity index (χ0n) is 12.1. The van der Waals surface area contributed by atoms with Crippen molar-refractivity contribution in [3.05, 3.63) is 52.9 Å². The summed E-state index contributed by atoms with van der Waals surface area (Å²) in [6.07, 6.45) is 4.97. The fraction of sp³-hybridized carbons (Fsp3) is 0.200. The molecule has 0 saturated heterocycles. The SMILES string of the molecule is Cc1cnc(C(=O)NCCn2ccc(-c3ccsc3)n2)cn1. The minimum absolute atomic E-state index is 0.224. The Balaban J connectivity index is 1.53. The molecular weight excluding hydrogens is 298 g/mol. The van der Waals surface area contributed by atoms with Crippen molar-refractivity contribution in [2.75, 3.05) is 6.54 Å². The molecule has 6 nitrogen and oxygen atoms in total. The van der Waals surface area contributed by atoms with Gasteiger partial charge in [0.05, 0.1) is 24.1 Å². The van der Waals surface area contributed by atoms with E-state index in [1.54, 1.807) is 17.5 Å². The molecule has 0 spiro atoms. The van der Waals surface area contributed by atoms with Crippen LogP contribution in [0, 0.1) is 6.92 Å². The molecule has 0 fully saturated rings. The normalized spacial score (nSPS) is 10.6. The molecule has 0 aromatic carbocycles. The third-order valence-electron chi connectivity index (χ3n) is 3.10. The van der Waals surface area contributed by atoms with Gasteiger partial charge < -0.3 is 5.32 Å². The second-order valence-electron chi connectivity index (χ2n) is 4.77. The Morgan fingerprint density at radius 1 is 1.32 bits per heavy atom. The molecule has 1 N–H and O–H groups in total. The molecule has 3 rings (SSSR count). The number of aryl methyl sites for hydroxylation is 1. The molecule has 0 radical (unpaired) electrons. The van der Waals surface area contributed by atoms with Gasteiger partial charge in [-0.3, -0.25) is 14.5 Å². The molecule has 112 valence electrons. The number of hydrogen-bond acceptors (Lipinski definition) is 5. The van der Waals surface area contributed by atoms with E-state index in [0.29, 0.717) is 18.8 Å². The van der Waals surface area contributed by atoms with E-state index in [0.717, 1.165) is 17.0 Å². The molecule has 3 aromatic heterocycles. The summed E-state index contributed by atoms with van der Waals surface area (Å²) in [6, 6.07) is 4.00. The molecule has 0 aliphatic carbocycles. The van der Waals surface area contributed by atoms with E-state index in [-0.39, 0.29) is 5.91 Å². The van der Waals surface area contributed by atoms with Crippen LogP contribution in [0.4, 0.5) is 0 Å².